The van der Waals surface area contributed by atoms with Crippen molar-refractivity contribution in [1.82, 2.24) is 5.32 Å². The lowest BCUT2D eigenvalue weighted by atomic mass is 10.3. The van der Waals surface area contributed by atoms with Crippen molar-refractivity contribution < 1.29 is 19.4 Å². The topological polar surface area (TPSA) is 75.6 Å². The molecule has 1 amide bonds. The molecule has 0 aliphatic carbocycles. The van der Waals surface area contributed by atoms with Gasteiger partial charge in [0.25, 0.3) is 0 Å². The molecule has 0 bridgehead atoms. The summed E-state index contributed by atoms with van der Waals surface area (Å²) in [5.74, 6) is -0.689. The number of hydrogen-bond acceptors (Lipinski definition) is 4. The van der Waals surface area contributed by atoms with Crippen molar-refractivity contribution in [2.45, 2.75) is 6.04 Å². The highest BCUT2D eigenvalue weighted by Crippen LogP contribution is 1.83. The van der Waals surface area contributed by atoms with Crippen molar-refractivity contribution in [1.29, 1.82) is 0 Å². The number of rotatable bonds is 4. The summed E-state index contributed by atoms with van der Waals surface area (Å²) < 4.78 is 4.22. The first-order valence-electron chi connectivity index (χ1n) is 2.57. The van der Waals surface area contributed by atoms with E-state index < -0.39 is 18.6 Å². The lowest BCUT2D eigenvalue weighted by molar-refractivity contribution is -0.143. The summed E-state index contributed by atoms with van der Waals surface area (Å²) in [5, 5.41) is 10.4. The Kier molecular flexibility index (Phi) is 4.23. The van der Waals surface area contributed by atoms with Gasteiger partial charge in [0.05, 0.1) is 13.7 Å². The first kappa shape index (κ1) is 8.90. The van der Waals surface area contributed by atoms with E-state index in [1.54, 1.807) is 0 Å². The van der Waals surface area contributed by atoms with Crippen LogP contribution in [0.3, 0.4) is 0 Å². The molecule has 0 saturated carbocycles. The maximum atomic E-state index is 10.5. The van der Waals surface area contributed by atoms with Crippen LogP contribution >= 0.6 is 0 Å². The van der Waals surface area contributed by atoms with Crippen molar-refractivity contribution in [2.24, 2.45) is 0 Å². The molecule has 0 rings (SSSR count). The van der Waals surface area contributed by atoms with E-state index in [-0.39, 0.29) is 0 Å². The second-order valence-corrected chi connectivity index (χ2v) is 1.50. The Morgan fingerprint density at radius 2 is 2.50 bits per heavy atom. The van der Waals surface area contributed by atoms with Gasteiger partial charge in [-0.25, -0.2) is 4.79 Å². The standard InChI is InChI=1S/C5H8NO4/c1-10-5(9)4(2-7)6-3-8/h4,7H,2H2,1H3,(H,6,8). The van der Waals surface area contributed by atoms with Crippen molar-refractivity contribution in [3.63, 3.8) is 0 Å². The van der Waals surface area contributed by atoms with E-state index in [0.29, 0.717) is 0 Å². The minimum Gasteiger partial charge on any atom is -0.467 e. The van der Waals surface area contributed by atoms with Crippen LogP contribution in [0.4, 0.5) is 0 Å². The van der Waals surface area contributed by atoms with Crippen molar-refractivity contribution >= 4 is 12.4 Å². The van der Waals surface area contributed by atoms with Crippen molar-refractivity contribution in [3.05, 3.63) is 0 Å². The van der Waals surface area contributed by atoms with Crippen molar-refractivity contribution in [3.8, 4) is 0 Å². The molecule has 0 saturated heterocycles. The first-order chi connectivity index (χ1) is 4.76. The van der Waals surface area contributed by atoms with Gasteiger partial charge in [0.2, 0.25) is 0 Å². The van der Waals surface area contributed by atoms with Gasteiger partial charge in [-0.15, -0.1) is 0 Å². The molecule has 5 nitrogen and oxygen atoms in total. The average molecular weight is 146 g/mol. The molecule has 57 valence electrons. The first-order valence-corrected chi connectivity index (χ1v) is 2.57. The molecule has 10 heavy (non-hydrogen) atoms. The second kappa shape index (κ2) is 4.75. The third kappa shape index (κ3) is 2.45. The molecule has 0 aromatic rings. The van der Waals surface area contributed by atoms with Crippen LogP contribution in [0.1, 0.15) is 0 Å². The largest absolute Gasteiger partial charge is 0.467 e. The predicted octanol–water partition coefficient (Wildman–Crippen LogP) is -1.82. The number of aliphatic hydroxyl groups excluding tert-OH is 1. The smallest absolute Gasteiger partial charge is 0.330 e. The van der Waals surface area contributed by atoms with Crippen LogP contribution in [0, 0.1) is 0 Å². The van der Waals surface area contributed by atoms with Gasteiger partial charge in [0, 0.05) is 0 Å². The molecule has 0 fully saturated rings. The number of methoxy groups -OCH3 is 1. The fourth-order valence-corrected chi connectivity index (χ4v) is 0.392. The molecule has 0 heterocycles. The number of hydrogen-bond donors (Lipinski definition) is 2. The molecule has 1 radical (unpaired) electrons. The monoisotopic (exact) mass is 146 g/mol. The number of ether oxygens (including phenoxy) is 1. The highest BCUT2D eigenvalue weighted by molar-refractivity contribution is 5.78. The summed E-state index contributed by atoms with van der Waals surface area (Å²) in [7, 11) is 1.16. The fraction of sp³-hybridized carbons (Fsp3) is 0.600. The molecule has 0 aliphatic rings. The molecule has 2 N–H and O–H groups in total. The third-order valence-electron chi connectivity index (χ3n) is 0.901. The van der Waals surface area contributed by atoms with E-state index in [1.165, 1.54) is 6.41 Å². The lowest BCUT2D eigenvalue weighted by Gasteiger charge is -2.07. The van der Waals surface area contributed by atoms with Gasteiger partial charge in [0.1, 0.15) is 0 Å². The Morgan fingerprint density at radius 1 is 1.90 bits per heavy atom. The Labute approximate surface area is 58.0 Å². The Balaban J connectivity index is 3.79. The number of esters is 1. The quantitative estimate of drug-likeness (QED) is 0.361. The number of carbonyl (C=O) groups is 1. The maximum Gasteiger partial charge on any atom is 0.330 e. The fourth-order valence-electron chi connectivity index (χ4n) is 0.392. The zero-order valence-electron chi connectivity index (χ0n) is 5.46. The van der Waals surface area contributed by atoms with Gasteiger partial charge in [-0.1, -0.05) is 0 Å². The maximum absolute atomic E-state index is 10.5. The summed E-state index contributed by atoms with van der Waals surface area (Å²) in [6.45, 7) is -0.484. The zero-order chi connectivity index (χ0) is 7.98. The number of nitrogens with one attached hydrogen (secondary N) is 1. The molecule has 1 unspecified atom stereocenters. The molecule has 0 aromatic carbocycles. The van der Waals surface area contributed by atoms with Crippen LogP contribution < -0.4 is 5.32 Å². The Hall–Kier alpha value is -1.10. The molecule has 1 atom stereocenters. The molecule has 0 aromatic heterocycles. The Bertz CT molecular complexity index is 125. The van der Waals surface area contributed by atoms with Crippen LogP contribution in [0.25, 0.3) is 0 Å². The molecule has 0 aliphatic heterocycles. The summed E-state index contributed by atoms with van der Waals surface area (Å²) in [6.07, 6.45) is 1.27. The molecular formula is C5H8NO4. The van der Waals surface area contributed by atoms with E-state index in [4.69, 9.17) is 5.11 Å². The van der Waals surface area contributed by atoms with E-state index in [0.717, 1.165) is 7.11 Å². The van der Waals surface area contributed by atoms with Gasteiger partial charge < -0.3 is 15.2 Å². The second-order valence-electron chi connectivity index (χ2n) is 1.50. The van der Waals surface area contributed by atoms with E-state index in [9.17, 15) is 9.59 Å². The number of aliphatic hydroxyl groups is 1. The minimum atomic E-state index is -0.998. The highest BCUT2D eigenvalue weighted by Gasteiger charge is 2.16. The lowest BCUT2D eigenvalue weighted by Crippen LogP contribution is -2.39. The summed E-state index contributed by atoms with van der Waals surface area (Å²) >= 11 is 0. The highest BCUT2D eigenvalue weighted by atomic mass is 16.5. The molecule has 0 spiro atoms. The SMILES string of the molecule is COC(=O)C(CO)N[C]=O. The van der Waals surface area contributed by atoms with Gasteiger partial charge >= 0.3 is 12.4 Å². The van der Waals surface area contributed by atoms with Crippen LogP contribution in [0.15, 0.2) is 0 Å². The van der Waals surface area contributed by atoms with E-state index in [1.807, 2.05) is 5.32 Å². The van der Waals surface area contributed by atoms with Gasteiger partial charge in [-0.3, -0.25) is 4.79 Å². The van der Waals surface area contributed by atoms with Crippen LogP contribution in [0.2, 0.25) is 0 Å². The normalized spacial score (nSPS) is 11.8. The minimum absolute atomic E-state index is 0.484. The van der Waals surface area contributed by atoms with Crippen LogP contribution in [0.5, 0.6) is 0 Å². The number of amides is 1. The summed E-state index contributed by atoms with van der Waals surface area (Å²) in [6, 6.07) is -0.998. The van der Waals surface area contributed by atoms with Crippen LogP contribution in [-0.4, -0.2) is 37.2 Å². The Morgan fingerprint density at radius 3 is 2.80 bits per heavy atom. The number of carbonyl (C=O) groups excluding carboxylic acids is 2. The van der Waals surface area contributed by atoms with Gasteiger partial charge in [-0.05, 0) is 0 Å². The van der Waals surface area contributed by atoms with E-state index >= 15 is 0 Å². The van der Waals surface area contributed by atoms with Gasteiger partial charge in [-0.2, -0.15) is 0 Å². The predicted molar refractivity (Wildman–Crippen MR) is 31.7 cm³/mol. The summed E-state index contributed by atoms with van der Waals surface area (Å²) in [4.78, 5) is 20.1. The summed E-state index contributed by atoms with van der Waals surface area (Å²) in [5.41, 5.74) is 0. The van der Waals surface area contributed by atoms with Gasteiger partial charge in [0.15, 0.2) is 6.04 Å². The average Bonchev–Trinajstić information content (AvgIpc) is 1.99. The third-order valence-corrected chi connectivity index (χ3v) is 0.901. The zero-order valence-corrected chi connectivity index (χ0v) is 5.46. The van der Waals surface area contributed by atoms with Crippen LogP contribution in [-0.2, 0) is 14.3 Å². The van der Waals surface area contributed by atoms with Crippen molar-refractivity contribution in [2.75, 3.05) is 13.7 Å². The molecule has 5 heteroatoms. The molecular weight excluding hydrogens is 138 g/mol. The van der Waals surface area contributed by atoms with E-state index in [2.05, 4.69) is 4.74 Å².